The Morgan fingerprint density at radius 1 is 0.762 bits per heavy atom. The third kappa shape index (κ3) is 7.92. The second-order valence-corrected chi connectivity index (χ2v) is 10.3. The van der Waals surface area contributed by atoms with Crippen LogP contribution >= 0.6 is 11.8 Å². The van der Waals surface area contributed by atoms with Crippen molar-refractivity contribution in [2.24, 2.45) is 0 Å². The molecular weight excluding hydrogens is 548 g/mol. The third-order valence-corrected chi connectivity index (χ3v) is 7.14. The number of amides is 1. The van der Waals surface area contributed by atoms with Crippen LogP contribution in [-0.2, 0) is 18.0 Å². The minimum absolute atomic E-state index is 0.153. The Hall–Kier alpha value is -4.76. The molecule has 0 aliphatic carbocycles. The highest BCUT2D eigenvalue weighted by atomic mass is 32.2. The van der Waals surface area contributed by atoms with Gasteiger partial charge in [0.2, 0.25) is 5.91 Å². The minimum Gasteiger partial charge on any atom is -0.494 e. The summed E-state index contributed by atoms with van der Waals surface area (Å²) in [6.07, 6.45) is 0. The molecule has 4 aromatic carbocycles. The van der Waals surface area contributed by atoms with Crippen molar-refractivity contribution in [2.75, 3.05) is 17.7 Å². The zero-order valence-corrected chi connectivity index (χ0v) is 24.3. The van der Waals surface area contributed by atoms with Gasteiger partial charge in [-0.15, -0.1) is 10.2 Å². The molecule has 9 heteroatoms. The number of carbonyl (C=O) groups is 1. The Balaban J connectivity index is 1.23. The van der Waals surface area contributed by atoms with Crippen LogP contribution in [0.15, 0.2) is 108 Å². The molecule has 0 saturated carbocycles. The normalized spacial score (nSPS) is 10.7. The van der Waals surface area contributed by atoms with Gasteiger partial charge in [0, 0.05) is 11.4 Å². The van der Waals surface area contributed by atoms with E-state index in [0.717, 1.165) is 34.1 Å². The number of thioether (sulfide) groups is 1. The first-order chi connectivity index (χ1) is 20.6. The van der Waals surface area contributed by atoms with Crippen molar-refractivity contribution >= 4 is 23.4 Å². The number of carbonyl (C=O) groups excluding carboxylic acids is 1. The molecule has 1 N–H and O–H groups in total. The van der Waals surface area contributed by atoms with Crippen molar-refractivity contribution in [3.05, 3.63) is 120 Å². The lowest BCUT2D eigenvalue weighted by molar-refractivity contribution is -0.113. The van der Waals surface area contributed by atoms with Crippen LogP contribution in [0.25, 0.3) is 5.69 Å². The molecule has 0 spiro atoms. The first kappa shape index (κ1) is 28.8. The Morgan fingerprint density at radius 2 is 1.38 bits per heavy atom. The summed E-state index contributed by atoms with van der Waals surface area (Å²) in [4.78, 5) is 12.8. The zero-order valence-electron chi connectivity index (χ0n) is 23.5. The molecule has 0 aliphatic heterocycles. The van der Waals surface area contributed by atoms with Crippen LogP contribution in [0.3, 0.4) is 0 Å². The fraction of sp³-hybridized carbons (Fsp3) is 0.182. The van der Waals surface area contributed by atoms with Crippen LogP contribution in [0.2, 0.25) is 0 Å². The largest absolute Gasteiger partial charge is 0.494 e. The zero-order chi connectivity index (χ0) is 29.1. The van der Waals surface area contributed by atoms with Gasteiger partial charge < -0.3 is 19.5 Å². The third-order valence-electron chi connectivity index (χ3n) is 6.21. The number of hydrogen-bond acceptors (Lipinski definition) is 7. The maximum absolute atomic E-state index is 12.8. The lowest BCUT2D eigenvalue weighted by atomic mass is 10.2. The SMILES string of the molecule is CCOc1ccc(-n2c(COc3ccc(C)cc3)nnc2SCC(=O)Nc2ccc(OCc3ccccc3)cc2)cc1. The number of nitrogens with one attached hydrogen (secondary N) is 1. The molecule has 0 fully saturated rings. The fourth-order valence-electron chi connectivity index (χ4n) is 4.09. The van der Waals surface area contributed by atoms with Crippen LogP contribution in [0.5, 0.6) is 17.2 Å². The van der Waals surface area contributed by atoms with Gasteiger partial charge in [-0.1, -0.05) is 59.8 Å². The standard InChI is InChI=1S/C33H32N4O4S/c1-3-39-28-19-13-27(14-20-28)37-31(22-41-29-15-9-24(2)10-16-29)35-36-33(37)42-23-32(38)34-26-11-17-30(18-12-26)40-21-25-7-5-4-6-8-25/h4-20H,3,21-23H2,1-2H3,(H,34,38). The van der Waals surface area contributed by atoms with Gasteiger partial charge in [-0.3, -0.25) is 9.36 Å². The number of anilines is 1. The number of nitrogens with zero attached hydrogens (tertiary/aromatic N) is 3. The predicted octanol–water partition coefficient (Wildman–Crippen LogP) is 6.86. The van der Waals surface area contributed by atoms with E-state index in [0.29, 0.717) is 29.9 Å². The molecule has 0 unspecified atom stereocenters. The van der Waals surface area contributed by atoms with E-state index in [1.807, 2.05) is 122 Å². The summed E-state index contributed by atoms with van der Waals surface area (Å²) in [7, 11) is 0. The average molecular weight is 581 g/mol. The Kier molecular flexibility index (Phi) is 9.74. The molecule has 5 rings (SSSR count). The van der Waals surface area contributed by atoms with Crippen molar-refractivity contribution in [3.8, 4) is 22.9 Å². The van der Waals surface area contributed by atoms with Gasteiger partial charge in [-0.25, -0.2) is 0 Å². The monoisotopic (exact) mass is 580 g/mol. The molecule has 1 aromatic heterocycles. The predicted molar refractivity (Wildman–Crippen MR) is 165 cm³/mol. The van der Waals surface area contributed by atoms with E-state index in [1.165, 1.54) is 11.8 Å². The highest BCUT2D eigenvalue weighted by Gasteiger charge is 2.17. The highest BCUT2D eigenvalue weighted by Crippen LogP contribution is 2.25. The van der Waals surface area contributed by atoms with Crippen LogP contribution < -0.4 is 19.5 Å². The number of ether oxygens (including phenoxy) is 3. The van der Waals surface area contributed by atoms with Gasteiger partial charge in [0.15, 0.2) is 11.0 Å². The van der Waals surface area contributed by atoms with Crippen molar-refractivity contribution in [3.63, 3.8) is 0 Å². The first-order valence-electron chi connectivity index (χ1n) is 13.6. The van der Waals surface area contributed by atoms with Crippen molar-refractivity contribution in [1.29, 1.82) is 0 Å². The Morgan fingerprint density at radius 3 is 2.07 bits per heavy atom. The number of benzene rings is 4. The summed E-state index contributed by atoms with van der Waals surface area (Å²) >= 11 is 1.30. The molecule has 0 aliphatic rings. The van der Waals surface area contributed by atoms with Crippen LogP contribution in [0.1, 0.15) is 23.9 Å². The lowest BCUT2D eigenvalue weighted by Gasteiger charge is -2.12. The fourth-order valence-corrected chi connectivity index (χ4v) is 4.86. The molecule has 1 heterocycles. The summed E-state index contributed by atoms with van der Waals surface area (Å²) in [5.74, 6) is 2.87. The van der Waals surface area contributed by atoms with E-state index >= 15 is 0 Å². The van der Waals surface area contributed by atoms with E-state index in [9.17, 15) is 4.79 Å². The van der Waals surface area contributed by atoms with Gasteiger partial charge >= 0.3 is 0 Å². The van der Waals surface area contributed by atoms with E-state index < -0.39 is 0 Å². The number of hydrogen-bond donors (Lipinski definition) is 1. The molecule has 5 aromatic rings. The minimum atomic E-state index is -0.156. The summed E-state index contributed by atoms with van der Waals surface area (Å²) < 4.78 is 19.3. The first-order valence-corrected chi connectivity index (χ1v) is 14.6. The van der Waals surface area contributed by atoms with E-state index in [2.05, 4.69) is 15.5 Å². The van der Waals surface area contributed by atoms with Crippen LogP contribution in [-0.4, -0.2) is 33.0 Å². The molecule has 42 heavy (non-hydrogen) atoms. The Bertz CT molecular complexity index is 1570. The molecule has 0 atom stereocenters. The summed E-state index contributed by atoms with van der Waals surface area (Å²) in [5.41, 5.74) is 3.78. The van der Waals surface area contributed by atoms with E-state index in [4.69, 9.17) is 14.2 Å². The van der Waals surface area contributed by atoms with Gasteiger partial charge in [0.1, 0.15) is 30.5 Å². The maximum Gasteiger partial charge on any atom is 0.234 e. The summed E-state index contributed by atoms with van der Waals surface area (Å²) in [6.45, 7) is 5.26. The average Bonchev–Trinajstić information content (AvgIpc) is 3.43. The van der Waals surface area contributed by atoms with Gasteiger partial charge in [0.05, 0.1) is 12.4 Å². The highest BCUT2D eigenvalue weighted by molar-refractivity contribution is 7.99. The van der Waals surface area contributed by atoms with E-state index in [1.54, 1.807) is 0 Å². The number of aromatic nitrogens is 3. The molecule has 0 saturated heterocycles. The Labute approximate surface area is 249 Å². The van der Waals surface area contributed by atoms with Crippen molar-refractivity contribution < 1.29 is 19.0 Å². The number of aryl methyl sites for hydroxylation is 1. The topological polar surface area (TPSA) is 87.5 Å². The van der Waals surface area contributed by atoms with Gasteiger partial charge in [-0.2, -0.15) is 0 Å². The second-order valence-electron chi connectivity index (χ2n) is 9.40. The summed E-state index contributed by atoms with van der Waals surface area (Å²) in [6, 6.07) is 32.8. The van der Waals surface area contributed by atoms with Gasteiger partial charge in [0.25, 0.3) is 0 Å². The molecule has 8 nitrogen and oxygen atoms in total. The summed E-state index contributed by atoms with van der Waals surface area (Å²) in [5, 5.41) is 12.3. The van der Waals surface area contributed by atoms with E-state index in [-0.39, 0.29) is 18.3 Å². The van der Waals surface area contributed by atoms with Crippen LogP contribution in [0.4, 0.5) is 5.69 Å². The van der Waals surface area contributed by atoms with Gasteiger partial charge in [-0.05, 0) is 80.1 Å². The molecular formula is C33H32N4O4S. The quantitative estimate of drug-likeness (QED) is 0.152. The smallest absolute Gasteiger partial charge is 0.234 e. The van der Waals surface area contributed by atoms with Crippen LogP contribution in [0, 0.1) is 6.92 Å². The lowest BCUT2D eigenvalue weighted by Crippen LogP contribution is -2.14. The molecule has 1 amide bonds. The molecule has 0 bridgehead atoms. The number of rotatable bonds is 13. The second kappa shape index (κ2) is 14.2. The molecule has 0 radical (unpaired) electrons. The maximum atomic E-state index is 12.8. The van der Waals surface area contributed by atoms with Crippen molar-refractivity contribution in [1.82, 2.24) is 14.8 Å². The molecule has 214 valence electrons. The van der Waals surface area contributed by atoms with Crippen molar-refractivity contribution in [2.45, 2.75) is 32.2 Å².